The highest BCUT2D eigenvalue weighted by Gasteiger charge is 2.34. The summed E-state index contributed by atoms with van der Waals surface area (Å²) < 4.78 is 0. The summed E-state index contributed by atoms with van der Waals surface area (Å²) in [6.45, 7) is 0.218. The second-order valence-electron chi connectivity index (χ2n) is 6.65. The normalized spacial score (nSPS) is 12.9. The number of fused-ring (bicyclic) bond motifs is 1. The lowest BCUT2D eigenvalue weighted by molar-refractivity contribution is 0.0656. The molecule has 11 heteroatoms. The Kier molecular flexibility index (Phi) is 5.96. The number of aromatic amines is 1. The molecule has 0 atom stereocenters. The summed E-state index contributed by atoms with van der Waals surface area (Å²) in [4.78, 5) is 62.0. The van der Waals surface area contributed by atoms with Crippen molar-refractivity contribution < 1.29 is 14.4 Å². The fourth-order valence-electron chi connectivity index (χ4n) is 3.14. The Morgan fingerprint density at radius 2 is 1.90 bits per heavy atom. The van der Waals surface area contributed by atoms with Crippen molar-refractivity contribution in [1.82, 2.24) is 19.9 Å². The highest BCUT2D eigenvalue weighted by atomic mass is 32.2. The maximum absolute atomic E-state index is 12.4. The van der Waals surface area contributed by atoms with E-state index in [-0.39, 0.29) is 24.1 Å². The van der Waals surface area contributed by atoms with Crippen molar-refractivity contribution >= 4 is 46.0 Å². The number of nitrogens with zero attached hydrogens (tertiary/aromatic N) is 3. The summed E-state index contributed by atoms with van der Waals surface area (Å²) in [5.41, 5.74) is 0.437. The summed E-state index contributed by atoms with van der Waals surface area (Å²) >= 11 is 2.71. The van der Waals surface area contributed by atoms with Crippen molar-refractivity contribution in [3.8, 4) is 0 Å². The minimum Gasteiger partial charge on any atom is -0.310 e. The van der Waals surface area contributed by atoms with Crippen molar-refractivity contribution in [3.63, 3.8) is 0 Å². The fraction of sp³-hybridized carbons (Fsp3) is 0.200. The van der Waals surface area contributed by atoms with Gasteiger partial charge in [-0.3, -0.25) is 29.4 Å². The molecule has 2 N–H and O–H groups in total. The van der Waals surface area contributed by atoms with Gasteiger partial charge in [0, 0.05) is 30.1 Å². The number of anilines is 1. The highest BCUT2D eigenvalue weighted by Crippen LogP contribution is 2.24. The monoisotopic (exact) mass is 455 g/mol. The maximum Gasteiger partial charge on any atom is 0.276 e. The lowest BCUT2D eigenvalue weighted by Crippen LogP contribution is -2.31. The summed E-state index contributed by atoms with van der Waals surface area (Å²) in [6, 6.07) is 7.87. The minimum absolute atomic E-state index is 0.00979. The molecule has 0 unspecified atom stereocenters. The van der Waals surface area contributed by atoms with Crippen LogP contribution in [0.4, 0.5) is 5.13 Å². The number of nitrogens with one attached hydrogen (secondary N) is 2. The standard InChI is InChI=1S/C20H17N5O4S2/c1-30-10-15-22-14(8-16(26)23-15)17(27)24-20-21-9-11(31-20)6-7-25-18(28)12-4-2-3-5-13(12)19(25)29/h2-5,8-9H,6-7,10H2,1H3,(H,21,24,27)(H,22,23,26). The van der Waals surface area contributed by atoms with Gasteiger partial charge in [0.25, 0.3) is 23.3 Å². The molecular formula is C20H17N5O4S2. The molecule has 158 valence electrons. The van der Waals surface area contributed by atoms with Crippen LogP contribution in [-0.2, 0) is 12.2 Å². The second kappa shape index (κ2) is 8.82. The van der Waals surface area contributed by atoms with E-state index in [0.717, 1.165) is 10.9 Å². The van der Waals surface area contributed by atoms with E-state index in [2.05, 4.69) is 20.3 Å². The van der Waals surface area contributed by atoms with E-state index < -0.39 is 11.5 Å². The van der Waals surface area contributed by atoms with Gasteiger partial charge < -0.3 is 4.98 Å². The third-order valence-corrected chi connectivity index (χ3v) is 6.07. The zero-order chi connectivity index (χ0) is 22.0. The van der Waals surface area contributed by atoms with Crippen LogP contribution in [0.3, 0.4) is 0 Å². The molecule has 1 aliphatic heterocycles. The summed E-state index contributed by atoms with van der Waals surface area (Å²) in [5.74, 6) is -0.240. The summed E-state index contributed by atoms with van der Waals surface area (Å²) in [5, 5.41) is 2.98. The number of thiazole rings is 1. The van der Waals surface area contributed by atoms with Gasteiger partial charge in [-0.1, -0.05) is 12.1 Å². The third-order valence-electron chi connectivity index (χ3n) is 4.54. The molecular weight excluding hydrogens is 438 g/mol. The van der Waals surface area contributed by atoms with Gasteiger partial charge in [0.05, 0.1) is 16.9 Å². The SMILES string of the molecule is CSCc1nc(C(=O)Nc2ncc(CCN3C(=O)c4ccccc4C3=O)s2)cc(=O)[nH]1. The molecule has 3 aromatic rings. The first-order chi connectivity index (χ1) is 15.0. The zero-order valence-corrected chi connectivity index (χ0v) is 18.0. The number of thioether (sulfide) groups is 1. The predicted molar refractivity (Wildman–Crippen MR) is 118 cm³/mol. The summed E-state index contributed by atoms with van der Waals surface area (Å²) in [7, 11) is 0. The van der Waals surface area contributed by atoms with Crippen LogP contribution in [0.1, 0.15) is 41.9 Å². The second-order valence-corrected chi connectivity index (χ2v) is 8.63. The van der Waals surface area contributed by atoms with Crippen LogP contribution in [-0.4, -0.2) is 50.4 Å². The molecule has 1 aliphatic rings. The smallest absolute Gasteiger partial charge is 0.276 e. The van der Waals surface area contributed by atoms with Gasteiger partial charge in [-0.2, -0.15) is 11.8 Å². The van der Waals surface area contributed by atoms with E-state index in [0.29, 0.717) is 34.3 Å². The number of imide groups is 1. The van der Waals surface area contributed by atoms with Gasteiger partial charge in [0.2, 0.25) is 0 Å². The molecule has 0 aliphatic carbocycles. The van der Waals surface area contributed by atoms with Gasteiger partial charge in [-0.25, -0.2) is 9.97 Å². The Morgan fingerprint density at radius 3 is 2.58 bits per heavy atom. The number of H-pyrrole nitrogens is 1. The van der Waals surface area contributed by atoms with Crippen molar-refractivity contribution in [2.75, 3.05) is 18.1 Å². The lowest BCUT2D eigenvalue weighted by Gasteiger charge is -2.12. The van der Waals surface area contributed by atoms with Crippen LogP contribution in [0.25, 0.3) is 0 Å². The molecule has 0 fully saturated rings. The quantitative estimate of drug-likeness (QED) is 0.523. The van der Waals surface area contributed by atoms with Gasteiger partial charge in [0.1, 0.15) is 11.5 Å². The third kappa shape index (κ3) is 4.42. The highest BCUT2D eigenvalue weighted by molar-refractivity contribution is 7.97. The number of rotatable bonds is 7. The van der Waals surface area contributed by atoms with Crippen LogP contribution in [0.2, 0.25) is 0 Å². The number of amides is 3. The molecule has 2 aromatic heterocycles. The van der Waals surface area contributed by atoms with E-state index in [1.165, 1.54) is 28.0 Å². The van der Waals surface area contributed by atoms with E-state index in [4.69, 9.17) is 0 Å². The Morgan fingerprint density at radius 1 is 1.19 bits per heavy atom. The van der Waals surface area contributed by atoms with E-state index >= 15 is 0 Å². The molecule has 9 nitrogen and oxygen atoms in total. The van der Waals surface area contributed by atoms with E-state index in [1.54, 1.807) is 30.5 Å². The molecule has 4 rings (SSSR count). The predicted octanol–water partition coefficient (Wildman–Crippen LogP) is 2.18. The van der Waals surface area contributed by atoms with Crippen molar-refractivity contribution in [3.05, 3.63) is 74.4 Å². The first kappa shape index (κ1) is 20.9. The number of carbonyl (C=O) groups excluding carboxylic acids is 3. The molecule has 0 radical (unpaired) electrons. The van der Waals surface area contributed by atoms with Crippen LogP contribution in [0.15, 0.2) is 41.3 Å². The maximum atomic E-state index is 12.4. The van der Waals surface area contributed by atoms with E-state index in [1.807, 2.05) is 6.26 Å². The van der Waals surface area contributed by atoms with Gasteiger partial charge in [-0.05, 0) is 18.4 Å². The minimum atomic E-state index is -0.533. The first-order valence-electron chi connectivity index (χ1n) is 9.26. The topological polar surface area (TPSA) is 125 Å². The van der Waals surface area contributed by atoms with Crippen LogP contribution in [0.5, 0.6) is 0 Å². The molecule has 31 heavy (non-hydrogen) atoms. The van der Waals surface area contributed by atoms with Crippen molar-refractivity contribution in [2.45, 2.75) is 12.2 Å². The molecule has 0 bridgehead atoms. The number of hydrogen-bond acceptors (Lipinski definition) is 8. The zero-order valence-electron chi connectivity index (χ0n) is 16.4. The van der Waals surface area contributed by atoms with E-state index in [9.17, 15) is 19.2 Å². The lowest BCUT2D eigenvalue weighted by atomic mass is 10.1. The Labute approximate surface area is 184 Å². The molecule has 0 saturated carbocycles. The Bertz CT molecular complexity index is 1200. The average molecular weight is 456 g/mol. The van der Waals surface area contributed by atoms with Gasteiger partial charge in [0.15, 0.2) is 5.13 Å². The van der Waals surface area contributed by atoms with Gasteiger partial charge in [-0.15, -0.1) is 11.3 Å². The molecule has 3 amide bonds. The molecule has 1 aromatic carbocycles. The fourth-order valence-corrected chi connectivity index (χ4v) is 4.34. The van der Waals surface area contributed by atoms with Crippen LogP contribution >= 0.6 is 23.1 Å². The van der Waals surface area contributed by atoms with Crippen LogP contribution in [0, 0.1) is 0 Å². The van der Waals surface area contributed by atoms with Crippen molar-refractivity contribution in [1.29, 1.82) is 0 Å². The molecule has 0 saturated heterocycles. The number of carbonyl (C=O) groups is 3. The Hall–Kier alpha value is -3.31. The first-order valence-corrected chi connectivity index (χ1v) is 11.5. The number of aromatic nitrogens is 3. The number of benzene rings is 1. The van der Waals surface area contributed by atoms with Gasteiger partial charge >= 0.3 is 0 Å². The van der Waals surface area contributed by atoms with Crippen molar-refractivity contribution in [2.24, 2.45) is 0 Å². The van der Waals surface area contributed by atoms with Crippen LogP contribution < -0.4 is 10.9 Å². The average Bonchev–Trinajstić information content (AvgIpc) is 3.29. The molecule has 3 heterocycles. The molecule has 0 spiro atoms. The Balaban J connectivity index is 1.39. The number of hydrogen-bond donors (Lipinski definition) is 2. The summed E-state index contributed by atoms with van der Waals surface area (Å²) in [6.07, 6.45) is 3.87. The largest absolute Gasteiger partial charge is 0.310 e.